The highest BCUT2D eigenvalue weighted by Gasteiger charge is 2.21. The Balaban J connectivity index is 2.13. The van der Waals surface area contributed by atoms with Crippen LogP contribution in [0.5, 0.6) is 0 Å². The average Bonchev–Trinajstić information content (AvgIpc) is 2.62. The molecule has 0 fully saturated rings. The molecule has 0 spiro atoms. The zero-order valence-corrected chi connectivity index (χ0v) is 15.2. The standard InChI is InChI=1S/C19H23NO4S/c1-14-8-10-17(11-9-14)25(23)20-18(15-6-4-3-5-7-15)12-16(21)13-19(22)24-2/h3-11,16,18,20-21H,12-13H2,1-2H3/t16-,18+,25?/m0/s1. The lowest BCUT2D eigenvalue weighted by Crippen LogP contribution is -2.28. The van der Waals surface area contributed by atoms with Crippen molar-refractivity contribution < 1.29 is 18.8 Å². The lowest BCUT2D eigenvalue weighted by molar-refractivity contribution is -0.142. The molecule has 2 aromatic carbocycles. The summed E-state index contributed by atoms with van der Waals surface area (Å²) in [6.45, 7) is 1.97. The minimum Gasteiger partial charge on any atom is -0.469 e. The third kappa shape index (κ3) is 6.08. The van der Waals surface area contributed by atoms with Crippen LogP contribution in [0.2, 0.25) is 0 Å². The smallest absolute Gasteiger partial charge is 0.308 e. The molecule has 0 aliphatic heterocycles. The average molecular weight is 361 g/mol. The molecule has 0 bridgehead atoms. The molecular weight excluding hydrogens is 338 g/mol. The Morgan fingerprint density at radius 1 is 1.16 bits per heavy atom. The molecule has 2 N–H and O–H groups in total. The Labute approximate surface area is 150 Å². The quantitative estimate of drug-likeness (QED) is 0.709. The maximum atomic E-state index is 12.6. The van der Waals surface area contributed by atoms with Gasteiger partial charge in [0.15, 0.2) is 0 Å². The second-order valence-corrected chi connectivity index (χ2v) is 7.08. The molecule has 2 aromatic rings. The van der Waals surface area contributed by atoms with Crippen molar-refractivity contribution in [3.05, 3.63) is 65.7 Å². The third-order valence-corrected chi connectivity index (χ3v) is 5.02. The van der Waals surface area contributed by atoms with Crippen LogP contribution in [0.1, 0.15) is 30.0 Å². The van der Waals surface area contributed by atoms with Gasteiger partial charge in [0, 0.05) is 6.04 Å². The van der Waals surface area contributed by atoms with E-state index in [1.165, 1.54) is 7.11 Å². The fraction of sp³-hybridized carbons (Fsp3) is 0.316. The molecule has 6 heteroatoms. The molecule has 2 rings (SSSR count). The van der Waals surface area contributed by atoms with E-state index >= 15 is 0 Å². The first kappa shape index (κ1) is 19.3. The van der Waals surface area contributed by atoms with Gasteiger partial charge in [-0.2, -0.15) is 0 Å². The van der Waals surface area contributed by atoms with Gasteiger partial charge >= 0.3 is 5.97 Å². The molecule has 1 unspecified atom stereocenters. The van der Waals surface area contributed by atoms with Gasteiger partial charge in [-0.1, -0.05) is 48.0 Å². The van der Waals surface area contributed by atoms with Crippen molar-refractivity contribution >= 4 is 17.0 Å². The van der Waals surface area contributed by atoms with E-state index in [9.17, 15) is 14.1 Å². The van der Waals surface area contributed by atoms with Crippen LogP contribution in [0.4, 0.5) is 0 Å². The number of nitrogens with one attached hydrogen (secondary N) is 1. The van der Waals surface area contributed by atoms with Crippen molar-refractivity contribution in [1.29, 1.82) is 0 Å². The maximum Gasteiger partial charge on any atom is 0.308 e. The predicted octanol–water partition coefficient (Wildman–Crippen LogP) is 2.66. The van der Waals surface area contributed by atoms with E-state index in [-0.39, 0.29) is 18.9 Å². The highest BCUT2D eigenvalue weighted by Crippen LogP contribution is 2.22. The number of methoxy groups -OCH3 is 1. The van der Waals surface area contributed by atoms with Gasteiger partial charge in [0.1, 0.15) is 11.0 Å². The SMILES string of the molecule is COC(=O)C[C@@H](O)C[C@@H](NS(=O)c1ccc(C)cc1)c1ccccc1. The van der Waals surface area contributed by atoms with E-state index in [1.807, 2.05) is 61.5 Å². The number of benzene rings is 2. The van der Waals surface area contributed by atoms with Crippen molar-refractivity contribution in [3.63, 3.8) is 0 Å². The number of aliphatic hydroxyl groups excluding tert-OH is 1. The van der Waals surface area contributed by atoms with E-state index in [0.717, 1.165) is 11.1 Å². The van der Waals surface area contributed by atoms with Crippen LogP contribution in [0, 0.1) is 6.92 Å². The molecule has 0 aliphatic rings. The summed E-state index contributed by atoms with van der Waals surface area (Å²) in [6, 6.07) is 16.5. The molecule has 0 amide bonds. The number of hydrogen-bond acceptors (Lipinski definition) is 4. The molecule has 5 nitrogen and oxygen atoms in total. The lowest BCUT2D eigenvalue weighted by atomic mass is 10.0. The maximum absolute atomic E-state index is 12.6. The minimum atomic E-state index is -1.43. The van der Waals surface area contributed by atoms with E-state index in [2.05, 4.69) is 9.46 Å². The van der Waals surface area contributed by atoms with E-state index in [4.69, 9.17) is 0 Å². The van der Waals surface area contributed by atoms with Crippen LogP contribution in [-0.2, 0) is 20.5 Å². The molecular formula is C19H23NO4S. The van der Waals surface area contributed by atoms with Gasteiger partial charge < -0.3 is 9.84 Å². The Hall–Kier alpha value is -2.02. The summed E-state index contributed by atoms with van der Waals surface area (Å²) in [5.74, 6) is -0.473. The minimum absolute atomic E-state index is 0.0985. The fourth-order valence-corrected chi connectivity index (χ4v) is 3.44. The number of aryl methyl sites for hydroxylation is 1. The number of ether oxygens (including phenoxy) is 1. The second-order valence-electron chi connectivity index (χ2n) is 5.83. The number of carbonyl (C=O) groups excluding carboxylic acids is 1. The monoisotopic (exact) mass is 361 g/mol. The van der Waals surface area contributed by atoms with Gasteiger partial charge in [-0.3, -0.25) is 4.79 Å². The Bertz CT molecular complexity index is 703. The Kier molecular flexibility index (Phi) is 7.31. The summed E-state index contributed by atoms with van der Waals surface area (Å²) in [4.78, 5) is 12.0. The van der Waals surface area contributed by atoms with Gasteiger partial charge in [0.2, 0.25) is 0 Å². The number of rotatable bonds is 8. The molecule has 0 aliphatic carbocycles. The molecule has 0 heterocycles. The first-order chi connectivity index (χ1) is 12.0. The highest BCUT2D eigenvalue weighted by atomic mass is 32.2. The van der Waals surface area contributed by atoms with Crippen LogP contribution >= 0.6 is 0 Å². The normalized spacial score (nSPS) is 14.5. The third-order valence-electron chi connectivity index (χ3n) is 3.82. The van der Waals surface area contributed by atoms with E-state index in [1.54, 1.807) is 0 Å². The fourth-order valence-electron chi connectivity index (χ4n) is 2.43. The largest absolute Gasteiger partial charge is 0.469 e. The van der Waals surface area contributed by atoms with Crippen molar-refractivity contribution in [2.75, 3.05) is 7.11 Å². The zero-order chi connectivity index (χ0) is 18.2. The summed E-state index contributed by atoms with van der Waals surface area (Å²) in [6.07, 6.45) is -0.741. The summed E-state index contributed by atoms with van der Waals surface area (Å²) >= 11 is 0. The number of carbonyl (C=O) groups is 1. The molecule has 0 aromatic heterocycles. The van der Waals surface area contributed by atoms with Crippen LogP contribution in [-0.4, -0.2) is 28.5 Å². The lowest BCUT2D eigenvalue weighted by Gasteiger charge is -2.21. The first-order valence-electron chi connectivity index (χ1n) is 8.04. The predicted molar refractivity (Wildman–Crippen MR) is 97.2 cm³/mol. The zero-order valence-electron chi connectivity index (χ0n) is 14.3. The Morgan fingerprint density at radius 2 is 1.80 bits per heavy atom. The molecule has 0 radical (unpaired) electrons. The van der Waals surface area contributed by atoms with Gasteiger partial charge in [-0.25, -0.2) is 8.93 Å². The van der Waals surface area contributed by atoms with Crippen molar-refractivity contribution in [3.8, 4) is 0 Å². The van der Waals surface area contributed by atoms with Crippen molar-refractivity contribution in [2.45, 2.75) is 36.8 Å². The summed E-state index contributed by atoms with van der Waals surface area (Å²) < 4.78 is 20.3. The summed E-state index contributed by atoms with van der Waals surface area (Å²) in [7, 11) is -0.144. The molecule has 25 heavy (non-hydrogen) atoms. The number of aliphatic hydroxyl groups is 1. The molecule has 0 saturated heterocycles. The second kappa shape index (κ2) is 9.46. The Morgan fingerprint density at radius 3 is 2.40 bits per heavy atom. The molecule has 3 atom stereocenters. The van der Waals surface area contributed by atoms with Crippen LogP contribution in [0.25, 0.3) is 0 Å². The molecule has 134 valence electrons. The first-order valence-corrected chi connectivity index (χ1v) is 9.19. The van der Waals surface area contributed by atoms with E-state index < -0.39 is 23.1 Å². The highest BCUT2D eigenvalue weighted by molar-refractivity contribution is 7.83. The van der Waals surface area contributed by atoms with Crippen LogP contribution in [0.15, 0.2) is 59.5 Å². The summed E-state index contributed by atoms with van der Waals surface area (Å²) in [5, 5.41) is 10.2. The molecule has 0 saturated carbocycles. The number of hydrogen-bond donors (Lipinski definition) is 2. The number of esters is 1. The topological polar surface area (TPSA) is 75.6 Å². The van der Waals surface area contributed by atoms with Gasteiger partial charge in [0.25, 0.3) is 0 Å². The van der Waals surface area contributed by atoms with Crippen molar-refractivity contribution in [2.24, 2.45) is 0 Å². The van der Waals surface area contributed by atoms with Gasteiger partial charge in [0.05, 0.1) is 24.5 Å². The van der Waals surface area contributed by atoms with Crippen LogP contribution < -0.4 is 4.72 Å². The summed E-state index contributed by atoms with van der Waals surface area (Å²) in [5.41, 5.74) is 1.99. The van der Waals surface area contributed by atoms with E-state index in [0.29, 0.717) is 4.90 Å². The van der Waals surface area contributed by atoms with Gasteiger partial charge in [-0.05, 0) is 31.0 Å². The van der Waals surface area contributed by atoms with Crippen LogP contribution in [0.3, 0.4) is 0 Å². The van der Waals surface area contributed by atoms with Gasteiger partial charge in [-0.15, -0.1) is 0 Å². The van der Waals surface area contributed by atoms with Crippen molar-refractivity contribution in [1.82, 2.24) is 4.72 Å².